The molecule has 0 bridgehead atoms. The van der Waals surface area contributed by atoms with Crippen LogP contribution in [0.3, 0.4) is 0 Å². The molecule has 1 aromatic rings. The lowest BCUT2D eigenvalue weighted by Gasteiger charge is -2.24. The van der Waals surface area contributed by atoms with Crippen LogP contribution in [0.2, 0.25) is 0 Å². The summed E-state index contributed by atoms with van der Waals surface area (Å²) in [6.07, 6.45) is 1.09. The first-order valence-electron chi connectivity index (χ1n) is 7.91. The second-order valence-corrected chi connectivity index (χ2v) is 7.21. The molecule has 0 aliphatic carbocycles. The van der Waals surface area contributed by atoms with E-state index in [4.69, 9.17) is 4.74 Å². The Labute approximate surface area is 144 Å². The zero-order chi connectivity index (χ0) is 18.2. The molecule has 0 aliphatic rings. The Bertz CT molecular complexity index is 613. The standard InChI is InChI=1S/C16H27N3O4S/c1-5-18(6-2)14-7-9-15(10-8-14)19(24(4,21)22)13-16(20)17-11-12-23-3/h7-10H,5-6,11-13H2,1-4H3,(H,17,20). The molecule has 0 aliphatic heterocycles. The number of anilines is 2. The van der Waals surface area contributed by atoms with Crippen LogP contribution < -0.4 is 14.5 Å². The first-order valence-corrected chi connectivity index (χ1v) is 9.76. The third kappa shape index (κ3) is 6.01. The summed E-state index contributed by atoms with van der Waals surface area (Å²) in [7, 11) is -2.03. The van der Waals surface area contributed by atoms with E-state index >= 15 is 0 Å². The van der Waals surface area contributed by atoms with E-state index < -0.39 is 10.0 Å². The van der Waals surface area contributed by atoms with Gasteiger partial charge in [0.25, 0.3) is 0 Å². The summed E-state index contributed by atoms with van der Waals surface area (Å²) in [5.74, 6) is -0.370. The van der Waals surface area contributed by atoms with Gasteiger partial charge in [-0.25, -0.2) is 8.42 Å². The van der Waals surface area contributed by atoms with Crippen molar-refractivity contribution in [2.75, 3.05) is 55.4 Å². The average molecular weight is 357 g/mol. The van der Waals surface area contributed by atoms with Crippen molar-refractivity contribution in [3.8, 4) is 0 Å². The summed E-state index contributed by atoms with van der Waals surface area (Å²) in [6, 6.07) is 7.17. The number of nitrogens with one attached hydrogen (secondary N) is 1. The Balaban J connectivity index is 2.91. The number of carbonyl (C=O) groups is 1. The number of sulfonamides is 1. The highest BCUT2D eigenvalue weighted by Crippen LogP contribution is 2.22. The molecule has 0 atom stereocenters. The number of nitrogens with zero attached hydrogens (tertiary/aromatic N) is 2. The molecule has 0 aromatic heterocycles. The Hall–Kier alpha value is -1.80. The molecule has 0 radical (unpaired) electrons. The summed E-state index contributed by atoms with van der Waals surface area (Å²) < 4.78 is 30.0. The second kappa shape index (κ2) is 9.48. The van der Waals surface area contributed by atoms with Gasteiger partial charge in [0.15, 0.2) is 0 Å². The molecule has 0 spiro atoms. The number of hydrogen-bond acceptors (Lipinski definition) is 5. The van der Waals surface area contributed by atoms with Crippen molar-refractivity contribution in [2.45, 2.75) is 13.8 Å². The Kier molecular flexibility index (Phi) is 8.00. The van der Waals surface area contributed by atoms with Crippen molar-refractivity contribution in [3.05, 3.63) is 24.3 Å². The number of amides is 1. The van der Waals surface area contributed by atoms with Crippen LogP contribution in [-0.4, -0.2) is 60.5 Å². The maximum atomic E-state index is 12.0. The van der Waals surface area contributed by atoms with Gasteiger partial charge in [0.1, 0.15) is 6.54 Å². The minimum atomic E-state index is -3.56. The summed E-state index contributed by atoms with van der Waals surface area (Å²) in [5.41, 5.74) is 1.48. The lowest BCUT2D eigenvalue weighted by molar-refractivity contribution is -0.119. The third-order valence-corrected chi connectivity index (χ3v) is 4.72. The van der Waals surface area contributed by atoms with Crippen LogP contribution in [0, 0.1) is 0 Å². The monoisotopic (exact) mass is 357 g/mol. The van der Waals surface area contributed by atoms with Crippen molar-refractivity contribution >= 4 is 27.3 Å². The molecule has 1 aromatic carbocycles. The van der Waals surface area contributed by atoms with Gasteiger partial charge in [0.05, 0.1) is 18.6 Å². The Morgan fingerprint density at radius 2 is 1.67 bits per heavy atom. The van der Waals surface area contributed by atoms with Gasteiger partial charge in [-0.2, -0.15) is 0 Å². The van der Waals surface area contributed by atoms with Crippen LogP contribution in [0.15, 0.2) is 24.3 Å². The molecule has 0 heterocycles. The SMILES string of the molecule is CCN(CC)c1ccc(N(CC(=O)NCCOC)S(C)(=O)=O)cc1. The summed E-state index contributed by atoms with van der Waals surface area (Å²) in [5, 5.41) is 2.63. The van der Waals surface area contributed by atoms with E-state index in [1.807, 2.05) is 12.1 Å². The van der Waals surface area contributed by atoms with Gasteiger partial charge in [-0.3, -0.25) is 9.10 Å². The molecule has 1 amide bonds. The van der Waals surface area contributed by atoms with Gasteiger partial charge in [-0.1, -0.05) is 0 Å². The number of hydrogen-bond donors (Lipinski definition) is 1. The van der Waals surface area contributed by atoms with Gasteiger partial charge in [-0.05, 0) is 38.1 Å². The maximum Gasteiger partial charge on any atom is 0.240 e. The minimum Gasteiger partial charge on any atom is -0.383 e. The first-order chi connectivity index (χ1) is 11.3. The fourth-order valence-electron chi connectivity index (χ4n) is 2.30. The van der Waals surface area contributed by atoms with Crippen LogP contribution >= 0.6 is 0 Å². The Morgan fingerprint density at radius 1 is 1.12 bits per heavy atom. The molecule has 0 saturated carbocycles. The highest BCUT2D eigenvalue weighted by Gasteiger charge is 2.20. The largest absolute Gasteiger partial charge is 0.383 e. The van der Waals surface area contributed by atoms with Gasteiger partial charge in [0, 0.05) is 32.4 Å². The molecule has 8 heteroatoms. The number of carbonyl (C=O) groups excluding carboxylic acids is 1. The summed E-state index contributed by atoms with van der Waals surface area (Å²) in [6.45, 7) is 6.32. The lowest BCUT2D eigenvalue weighted by Crippen LogP contribution is -2.41. The fourth-order valence-corrected chi connectivity index (χ4v) is 3.15. The van der Waals surface area contributed by atoms with Crippen LogP contribution in [0.5, 0.6) is 0 Å². The van der Waals surface area contributed by atoms with Gasteiger partial charge in [-0.15, -0.1) is 0 Å². The zero-order valence-electron chi connectivity index (χ0n) is 14.8. The lowest BCUT2D eigenvalue weighted by atomic mass is 10.2. The zero-order valence-corrected chi connectivity index (χ0v) is 15.6. The first kappa shape index (κ1) is 20.2. The van der Waals surface area contributed by atoms with E-state index in [2.05, 4.69) is 24.1 Å². The number of methoxy groups -OCH3 is 1. The highest BCUT2D eigenvalue weighted by molar-refractivity contribution is 7.92. The highest BCUT2D eigenvalue weighted by atomic mass is 32.2. The number of rotatable bonds is 10. The molecule has 24 heavy (non-hydrogen) atoms. The smallest absolute Gasteiger partial charge is 0.240 e. The predicted molar refractivity (Wildman–Crippen MR) is 97.1 cm³/mol. The molecule has 0 fully saturated rings. The maximum absolute atomic E-state index is 12.0. The number of ether oxygens (including phenoxy) is 1. The van der Waals surface area contributed by atoms with Gasteiger partial charge in [0.2, 0.25) is 15.9 Å². The molecule has 136 valence electrons. The van der Waals surface area contributed by atoms with E-state index in [1.165, 1.54) is 7.11 Å². The second-order valence-electron chi connectivity index (χ2n) is 5.30. The average Bonchev–Trinajstić information content (AvgIpc) is 2.54. The molecule has 0 saturated heterocycles. The molecule has 7 nitrogen and oxygen atoms in total. The van der Waals surface area contributed by atoms with Crippen LogP contribution in [0.25, 0.3) is 0 Å². The quantitative estimate of drug-likeness (QED) is 0.634. The van der Waals surface area contributed by atoms with E-state index in [0.29, 0.717) is 18.8 Å². The van der Waals surface area contributed by atoms with Gasteiger partial charge < -0.3 is 15.0 Å². The normalized spacial score (nSPS) is 11.2. The molecular weight excluding hydrogens is 330 g/mol. The minimum absolute atomic E-state index is 0.257. The van der Waals surface area contributed by atoms with E-state index in [1.54, 1.807) is 12.1 Å². The van der Waals surface area contributed by atoms with E-state index in [9.17, 15) is 13.2 Å². The Morgan fingerprint density at radius 3 is 2.12 bits per heavy atom. The topological polar surface area (TPSA) is 79.0 Å². The van der Waals surface area contributed by atoms with Crippen molar-refractivity contribution in [2.24, 2.45) is 0 Å². The molecule has 1 rings (SSSR count). The number of benzene rings is 1. The van der Waals surface area contributed by atoms with Crippen molar-refractivity contribution in [1.29, 1.82) is 0 Å². The summed E-state index contributed by atoms with van der Waals surface area (Å²) in [4.78, 5) is 14.1. The van der Waals surface area contributed by atoms with E-state index in [-0.39, 0.29) is 12.5 Å². The van der Waals surface area contributed by atoms with Crippen LogP contribution in [0.4, 0.5) is 11.4 Å². The molecular formula is C16H27N3O4S. The molecule has 1 N–H and O–H groups in total. The summed E-state index contributed by atoms with van der Waals surface area (Å²) >= 11 is 0. The van der Waals surface area contributed by atoms with Crippen molar-refractivity contribution < 1.29 is 17.9 Å². The van der Waals surface area contributed by atoms with E-state index in [0.717, 1.165) is 29.3 Å². The van der Waals surface area contributed by atoms with Crippen LogP contribution in [0.1, 0.15) is 13.8 Å². The molecule has 0 unspecified atom stereocenters. The van der Waals surface area contributed by atoms with Gasteiger partial charge >= 0.3 is 0 Å². The fraction of sp³-hybridized carbons (Fsp3) is 0.562. The third-order valence-electron chi connectivity index (χ3n) is 3.58. The van der Waals surface area contributed by atoms with Crippen molar-refractivity contribution in [3.63, 3.8) is 0 Å². The van der Waals surface area contributed by atoms with Crippen LogP contribution in [-0.2, 0) is 19.6 Å². The predicted octanol–water partition coefficient (Wildman–Crippen LogP) is 1.06. The van der Waals surface area contributed by atoms with Crippen molar-refractivity contribution in [1.82, 2.24) is 5.32 Å².